The van der Waals surface area contributed by atoms with Crippen LogP contribution >= 0.6 is 12.6 Å². The molecule has 1 fully saturated rings. The standard InChI is InChI=1S/C12H26N2S/c1-3-14-9-8-13(11-12(14)2)7-5-4-6-10-15/h12,15H,3-11H2,1-2H3. The second-order valence-electron chi connectivity index (χ2n) is 4.56. The zero-order valence-electron chi connectivity index (χ0n) is 10.3. The van der Waals surface area contributed by atoms with Gasteiger partial charge in [0.05, 0.1) is 0 Å². The number of piperazine rings is 1. The number of rotatable bonds is 6. The first-order chi connectivity index (χ1) is 7.27. The van der Waals surface area contributed by atoms with Crippen LogP contribution in [-0.2, 0) is 0 Å². The number of hydrogen-bond acceptors (Lipinski definition) is 3. The zero-order chi connectivity index (χ0) is 11.1. The molecule has 0 aromatic carbocycles. The second kappa shape index (κ2) is 7.53. The van der Waals surface area contributed by atoms with E-state index < -0.39 is 0 Å². The highest BCUT2D eigenvalue weighted by Gasteiger charge is 2.21. The van der Waals surface area contributed by atoms with Gasteiger partial charge in [-0.05, 0) is 38.6 Å². The van der Waals surface area contributed by atoms with E-state index in [-0.39, 0.29) is 0 Å². The van der Waals surface area contributed by atoms with Crippen LogP contribution in [-0.4, -0.2) is 54.3 Å². The van der Waals surface area contributed by atoms with Crippen molar-refractivity contribution in [1.82, 2.24) is 9.80 Å². The third-order valence-electron chi connectivity index (χ3n) is 3.39. The summed E-state index contributed by atoms with van der Waals surface area (Å²) in [5.41, 5.74) is 0. The number of nitrogens with zero attached hydrogens (tertiary/aromatic N) is 2. The first-order valence-electron chi connectivity index (χ1n) is 6.35. The van der Waals surface area contributed by atoms with Gasteiger partial charge in [0, 0.05) is 25.7 Å². The molecule has 1 unspecified atom stereocenters. The van der Waals surface area contributed by atoms with Crippen molar-refractivity contribution in [3.63, 3.8) is 0 Å². The molecule has 90 valence electrons. The van der Waals surface area contributed by atoms with E-state index in [1.165, 1.54) is 52.0 Å². The van der Waals surface area contributed by atoms with Crippen LogP contribution < -0.4 is 0 Å². The quantitative estimate of drug-likeness (QED) is 0.551. The third-order valence-corrected chi connectivity index (χ3v) is 3.70. The maximum atomic E-state index is 4.24. The maximum absolute atomic E-state index is 4.24. The summed E-state index contributed by atoms with van der Waals surface area (Å²) in [6.07, 6.45) is 3.96. The lowest BCUT2D eigenvalue weighted by Gasteiger charge is -2.39. The first-order valence-corrected chi connectivity index (χ1v) is 6.98. The molecule has 1 rings (SSSR count). The fourth-order valence-electron chi connectivity index (χ4n) is 2.37. The van der Waals surface area contributed by atoms with Gasteiger partial charge in [0.15, 0.2) is 0 Å². The predicted octanol–water partition coefficient (Wildman–Crippen LogP) is 2.11. The molecule has 0 aliphatic carbocycles. The molecule has 0 saturated carbocycles. The van der Waals surface area contributed by atoms with Crippen LogP contribution in [0.4, 0.5) is 0 Å². The summed E-state index contributed by atoms with van der Waals surface area (Å²) < 4.78 is 0. The molecular formula is C12H26N2S. The smallest absolute Gasteiger partial charge is 0.0195 e. The molecule has 3 heteroatoms. The zero-order valence-corrected chi connectivity index (χ0v) is 11.2. The molecule has 1 aliphatic heterocycles. The molecule has 1 heterocycles. The Balaban J connectivity index is 2.11. The van der Waals surface area contributed by atoms with E-state index in [4.69, 9.17) is 0 Å². The minimum absolute atomic E-state index is 0.744. The second-order valence-corrected chi connectivity index (χ2v) is 5.01. The van der Waals surface area contributed by atoms with Crippen molar-refractivity contribution in [3.05, 3.63) is 0 Å². The van der Waals surface area contributed by atoms with Gasteiger partial charge >= 0.3 is 0 Å². The molecule has 0 radical (unpaired) electrons. The van der Waals surface area contributed by atoms with Crippen LogP contribution in [0.1, 0.15) is 33.1 Å². The van der Waals surface area contributed by atoms with E-state index in [1.807, 2.05) is 0 Å². The van der Waals surface area contributed by atoms with Gasteiger partial charge in [-0.25, -0.2) is 0 Å². The van der Waals surface area contributed by atoms with Crippen LogP contribution in [0, 0.1) is 0 Å². The van der Waals surface area contributed by atoms with Crippen LogP contribution in [0.3, 0.4) is 0 Å². The van der Waals surface area contributed by atoms with Crippen LogP contribution in [0.5, 0.6) is 0 Å². The largest absolute Gasteiger partial charge is 0.301 e. The van der Waals surface area contributed by atoms with Crippen molar-refractivity contribution >= 4 is 12.6 Å². The molecule has 0 aromatic rings. The Bertz CT molecular complexity index is 164. The third kappa shape index (κ3) is 4.75. The summed E-state index contributed by atoms with van der Waals surface area (Å²) in [6, 6.07) is 0.744. The summed E-state index contributed by atoms with van der Waals surface area (Å²) in [5, 5.41) is 0. The minimum atomic E-state index is 0.744. The van der Waals surface area contributed by atoms with E-state index in [0.29, 0.717) is 0 Å². The van der Waals surface area contributed by atoms with E-state index in [9.17, 15) is 0 Å². The molecule has 0 N–H and O–H groups in total. The SMILES string of the molecule is CCN1CCN(CCCCCS)CC1C. The van der Waals surface area contributed by atoms with E-state index >= 15 is 0 Å². The van der Waals surface area contributed by atoms with Gasteiger partial charge in [0.25, 0.3) is 0 Å². The number of thiol groups is 1. The average molecular weight is 230 g/mol. The topological polar surface area (TPSA) is 6.48 Å². The van der Waals surface area contributed by atoms with Crippen molar-refractivity contribution in [2.75, 3.05) is 38.5 Å². The van der Waals surface area contributed by atoms with E-state index in [0.717, 1.165) is 11.8 Å². The molecule has 1 aliphatic rings. The Kier molecular flexibility index (Phi) is 6.69. The summed E-state index contributed by atoms with van der Waals surface area (Å²) in [4.78, 5) is 5.19. The number of hydrogen-bond donors (Lipinski definition) is 1. The Labute approximate surface area is 100 Å². The fourth-order valence-corrected chi connectivity index (χ4v) is 2.59. The maximum Gasteiger partial charge on any atom is 0.0195 e. The van der Waals surface area contributed by atoms with Gasteiger partial charge in [-0.3, -0.25) is 4.90 Å². The molecular weight excluding hydrogens is 204 g/mol. The van der Waals surface area contributed by atoms with Crippen LogP contribution in [0.25, 0.3) is 0 Å². The highest BCUT2D eigenvalue weighted by molar-refractivity contribution is 7.80. The van der Waals surface area contributed by atoms with Gasteiger partial charge in [0.1, 0.15) is 0 Å². The number of likely N-dealkylation sites (N-methyl/N-ethyl adjacent to an activating group) is 1. The molecule has 2 nitrogen and oxygen atoms in total. The van der Waals surface area contributed by atoms with Crippen LogP contribution in [0.15, 0.2) is 0 Å². The van der Waals surface area contributed by atoms with Gasteiger partial charge in [-0.1, -0.05) is 13.3 Å². The first kappa shape index (κ1) is 13.3. The van der Waals surface area contributed by atoms with Crippen molar-refractivity contribution in [1.29, 1.82) is 0 Å². The van der Waals surface area contributed by atoms with Gasteiger partial charge < -0.3 is 4.90 Å². The normalized spacial score (nSPS) is 24.6. The molecule has 0 aromatic heterocycles. The molecule has 1 atom stereocenters. The molecule has 0 bridgehead atoms. The fraction of sp³-hybridized carbons (Fsp3) is 1.00. The van der Waals surface area contributed by atoms with Gasteiger partial charge in [-0.2, -0.15) is 12.6 Å². The lowest BCUT2D eigenvalue weighted by molar-refractivity contribution is 0.0870. The summed E-state index contributed by atoms with van der Waals surface area (Å²) in [5.74, 6) is 1.04. The van der Waals surface area contributed by atoms with E-state index in [2.05, 4.69) is 36.3 Å². The van der Waals surface area contributed by atoms with Crippen molar-refractivity contribution in [2.24, 2.45) is 0 Å². The minimum Gasteiger partial charge on any atom is -0.301 e. The van der Waals surface area contributed by atoms with Gasteiger partial charge in [-0.15, -0.1) is 0 Å². The Morgan fingerprint density at radius 3 is 2.60 bits per heavy atom. The average Bonchev–Trinajstić information content (AvgIpc) is 2.25. The number of unbranched alkanes of at least 4 members (excludes halogenated alkanes) is 2. The van der Waals surface area contributed by atoms with Crippen molar-refractivity contribution in [2.45, 2.75) is 39.2 Å². The van der Waals surface area contributed by atoms with Crippen molar-refractivity contribution in [3.8, 4) is 0 Å². The molecule has 15 heavy (non-hydrogen) atoms. The van der Waals surface area contributed by atoms with E-state index in [1.54, 1.807) is 0 Å². The lowest BCUT2D eigenvalue weighted by atomic mass is 10.1. The molecule has 0 amide bonds. The summed E-state index contributed by atoms with van der Waals surface area (Å²) >= 11 is 4.24. The Morgan fingerprint density at radius 2 is 2.00 bits per heavy atom. The Hall–Kier alpha value is 0.270. The monoisotopic (exact) mass is 230 g/mol. The highest BCUT2D eigenvalue weighted by atomic mass is 32.1. The Morgan fingerprint density at radius 1 is 1.20 bits per heavy atom. The van der Waals surface area contributed by atoms with Gasteiger partial charge in [0.2, 0.25) is 0 Å². The van der Waals surface area contributed by atoms with Crippen molar-refractivity contribution < 1.29 is 0 Å². The molecule has 0 spiro atoms. The summed E-state index contributed by atoms with van der Waals surface area (Å²) in [7, 11) is 0. The predicted molar refractivity (Wildman–Crippen MR) is 70.9 cm³/mol. The van der Waals surface area contributed by atoms with Crippen LogP contribution in [0.2, 0.25) is 0 Å². The lowest BCUT2D eigenvalue weighted by Crippen LogP contribution is -2.51. The summed E-state index contributed by atoms with van der Waals surface area (Å²) in [6.45, 7) is 10.9. The molecule has 1 saturated heterocycles. The highest BCUT2D eigenvalue weighted by Crippen LogP contribution is 2.10.